The summed E-state index contributed by atoms with van der Waals surface area (Å²) in [5.41, 5.74) is 5.06. The van der Waals surface area contributed by atoms with Gasteiger partial charge in [0.15, 0.2) is 4.47 Å². The Kier molecular flexibility index (Phi) is 4.73. The summed E-state index contributed by atoms with van der Waals surface area (Å²) in [6, 6.07) is -0.324. The minimum absolute atomic E-state index is 0.262. The molecule has 1 atom stereocenters. The number of hydrogen-bond donors (Lipinski definition) is 2. The summed E-state index contributed by atoms with van der Waals surface area (Å²) in [5, 5.41) is 2.68. The van der Waals surface area contributed by atoms with Gasteiger partial charge in [-0.1, -0.05) is 11.6 Å². The Balaban J connectivity index is 2.62. The highest BCUT2D eigenvalue weighted by atomic mass is 35.5. The van der Waals surface area contributed by atoms with Crippen molar-refractivity contribution in [3.8, 4) is 0 Å². The van der Waals surface area contributed by atoms with Crippen LogP contribution < -0.4 is 11.1 Å². The third kappa shape index (κ3) is 4.89. The number of thiazole rings is 1. The minimum atomic E-state index is -0.533. The van der Waals surface area contributed by atoms with Crippen LogP contribution in [-0.4, -0.2) is 23.2 Å². The van der Waals surface area contributed by atoms with E-state index in [1.165, 1.54) is 11.3 Å². The zero-order valence-electron chi connectivity index (χ0n) is 9.99. The van der Waals surface area contributed by atoms with E-state index in [9.17, 15) is 4.79 Å². The van der Waals surface area contributed by atoms with E-state index in [-0.39, 0.29) is 12.6 Å². The van der Waals surface area contributed by atoms with Crippen LogP contribution in [0.4, 0.5) is 4.79 Å². The van der Waals surface area contributed by atoms with Gasteiger partial charge in [0.05, 0.1) is 6.04 Å². The number of rotatable bonds is 3. The maximum absolute atomic E-state index is 11.6. The lowest BCUT2D eigenvalue weighted by Crippen LogP contribution is -2.37. The molecular formula is C10H16ClN3O2S. The fourth-order valence-electron chi connectivity index (χ4n) is 1.12. The van der Waals surface area contributed by atoms with Crippen LogP contribution in [-0.2, 0) is 4.74 Å². The number of ether oxygens (including phenoxy) is 1. The zero-order chi connectivity index (χ0) is 13.1. The fraction of sp³-hybridized carbons (Fsp3) is 0.600. The topological polar surface area (TPSA) is 77.2 Å². The Hall–Kier alpha value is -0.850. The van der Waals surface area contributed by atoms with Crippen LogP contribution in [0.25, 0.3) is 0 Å². The molecule has 0 aliphatic rings. The third-order valence-corrected chi connectivity index (χ3v) is 2.99. The van der Waals surface area contributed by atoms with Crippen molar-refractivity contribution in [1.82, 2.24) is 10.3 Å². The molecule has 7 heteroatoms. The Bertz CT molecular complexity index is 389. The van der Waals surface area contributed by atoms with E-state index in [0.717, 1.165) is 4.88 Å². The van der Waals surface area contributed by atoms with Crippen LogP contribution in [0.1, 0.15) is 31.7 Å². The van der Waals surface area contributed by atoms with Crippen LogP contribution >= 0.6 is 22.9 Å². The second-order valence-electron chi connectivity index (χ2n) is 4.45. The van der Waals surface area contributed by atoms with Gasteiger partial charge in [-0.3, -0.25) is 0 Å². The lowest BCUT2D eigenvalue weighted by Gasteiger charge is -2.22. The molecular weight excluding hydrogens is 262 g/mol. The highest BCUT2D eigenvalue weighted by Gasteiger charge is 2.20. The number of carbonyl (C=O) groups is 1. The maximum Gasteiger partial charge on any atom is 0.408 e. The summed E-state index contributed by atoms with van der Waals surface area (Å²) in [6.07, 6.45) is 1.10. The van der Waals surface area contributed by atoms with Crippen molar-refractivity contribution in [3.05, 3.63) is 15.5 Å². The highest BCUT2D eigenvalue weighted by molar-refractivity contribution is 7.15. The molecule has 1 amide bonds. The van der Waals surface area contributed by atoms with Gasteiger partial charge in [0.2, 0.25) is 0 Å². The summed E-state index contributed by atoms with van der Waals surface area (Å²) >= 11 is 7.01. The van der Waals surface area contributed by atoms with Crippen molar-refractivity contribution in [2.45, 2.75) is 32.4 Å². The molecule has 96 valence electrons. The number of carbonyl (C=O) groups excluding carboxylic acids is 1. The van der Waals surface area contributed by atoms with Crippen molar-refractivity contribution < 1.29 is 9.53 Å². The summed E-state index contributed by atoms with van der Waals surface area (Å²) < 4.78 is 5.56. The Morgan fingerprint density at radius 1 is 1.71 bits per heavy atom. The van der Waals surface area contributed by atoms with Crippen molar-refractivity contribution >= 4 is 29.0 Å². The molecule has 0 bridgehead atoms. The Labute approximate surface area is 109 Å². The summed E-state index contributed by atoms with van der Waals surface area (Å²) in [4.78, 5) is 16.3. The van der Waals surface area contributed by atoms with E-state index in [1.54, 1.807) is 27.0 Å². The number of halogens is 1. The molecule has 5 nitrogen and oxygen atoms in total. The Morgan fingerprint density at radius 3 is 2.76 bits per heavy atom. The highest BCUT2D eigenvalue weighted by Crippen LogP contribution is 2.23. The normalized spacial score (nSPS) is 13.2. The van der Waals surface area contributed by atoms with Crippen molar-refractivity contribution in [1.29, 1.82) is 0 Å². The number of nitrogens with zero attached hydrogens (tertiary/aromatic N) is 1. The van der Waals surface area contributed by atoms with Crippen molar-refractivity contribution in [3.63, 3.8) is 0 Å². The first-order valence-electron chi connectivity index (χ1n) is 5.12. The molecule has 1 rings (SSSR count). The molecule has 0 fully saturated rings. The molecule has 0 radical (unpaired) electrons. The number of alkyl carbamates (subject to hydrolysis) is 1. The predicted molar refractivity (Wildman–Crippen MR) is 68.3 cm³/mol. The summed E-state index contributed by atoms with van der Waals surface area (Å²) in [6.45, 7) is 5.66. The molecule has 1 aromatic heterocycles. The zero-order valence-corrected chi connectivity index (χ0v) is 11.6. The van der Waals surface area contributed by atoms with Gasteiger partial charge in [-0.2, -0.15) is 0 Å². The average Bonchev–Trinajstić information content (AvgIpc) is 2.58. The van der Waals surface area contributed by atoms with Crippen LogP contribution in [0, 0.1) is 0 Å². The molecule has 3 N–H and O–H groups in total. The van der Waals surface area contributed by atoms with Crippen LogP contribution in [0.15, 0.2) is 6.20 Å². The van der Waals surface area contributed by atoms with Gasteiger partial charge in [-0.05, 0) is 20.8 Å². The standard InChI is InChI=1S/C10H16ClN3O2S/c1-10(2,3)16-9(15)14-6(4-12)7-5-13-8(11)17-7/h5-6H,4,12H2,1-3H3,(H,14,15). The van der Waals surface area contributed by atoms with E-state index in [4.69, 9.17) is 22.1 Å². The molecule has 17 heavy (non-hydrogen) atoms. The van der Waals surface area contributed by atoms with Gasteiger partial charge >= 0.3 is 6.09 Å². The molecule has 0 aromatic carbocycles. The molecule has 0 spiro atoms. The number of nitrogens with one attached hydrogen (secondary N) is 1. The summed E-state index contributed by atoms with van der Waals surface area (Å²) in [7, 11) is 0. The first-order valence-corrected chi connectivity index (χ1v) is 6.32. The predicted octanol–water partition coefficient (Wildman–Crippen LogP) is 2.32. The first-order chi connectivity index (χ1) is 7.81. The second kappa shape index (κ2) is 5.66. The van der Waals surface area contributed by atoms with Gasteiger partial charge in [-0.25, -0.2) is 9.78 Å². The molecule has 0 saturated heterocycles. The lowest BCUT2D eigenvalue weighted by molar-refractivity contribution is 0.0506. The smallest absolute Gasteiger partial charge is 0.408 e. The van der Waals surface area contributed by atoms with Crippen molar-refractivity contribution in [2.24, 2.45) is 5.73 Å². The SMILES string of the molecule is CC(C)(C)OC(=O)NC(CN)c1cnc(Cl)s1. The third-order valence-electron chi connectivity index (χ3n) is 1.77. The average molecular weight is 278 g/mol. The quantitative estimate of drug-likeness (QED) is 0.889. The summed E-state index contributed by atoms with van der Waals surface area (Å²) in [5.74, 6) is 0. The molecule has 1 unspecified atom stereocenters. The number of amides is 1. The number of nitrogens with two attached hydrogens (primary N) is 1. The van der Waals surface area contributed by atoms with E-state index < -0.39 is 11.7 Å². The molecule has 0 aliphatic carbocycles. The van der Waals surface area contributed by atoms with Gasteiger partial charge in [0, 0.05) is 17.6 Å². The number of aromatic nitrogens is 1. The number of hydrogen-bond acceptors (Lipinski definition) is 5. The van der Waals surface area contributed by atoms with E-state index in [1.807, 2.05) is 0 Å². The maximum atomic E-state index is 11.6. The second-order valence-corrected chi connectivity index (χ2v) is 6.09. The first kappa shape index (κ1) is 14.2. The van der Waals surface area contributed by atoms with Gasteiger partial charge < -0.3 is 15.8 Å². The minimum Gasteiger partial charge on any atom is -0.444 e. The van der Waals surface area contributed by atoms with Crippen LogP contribution in [0.2, 0.25) is 4.47 Å². The van der Waals surface area contributed by atoms with E-state index in [0.29, 0.717) is 4.47 Å². The molecule has 0 aliphatic heterocycles. The van der Waals surface area contributed by atoms with E-state index in [2.05, 4.69) is 10.3 Å². The van der Waals surface area contributed by atoms with Gasteiger partial charge in [0.25, 0.3) is 0 Å². The molecule has 0 saturated carbocycles. The van der Waals surface area contributed by atoms with Crippen LogP contribution in [0.5, 0.6) is 0 Å². The van der Waals surface area contributed by atoms with E-state index >= 15 is 0 Å². The largest absolute Gasteiger partial charge is 0.444 e. The Morgan fingerprint density at radius 2 is 2.35 bits per heavy atom. The fourth-order valence-corrected chi connectivity index (χ4v) is 2.14. The molecule has 1 heterocycles. The monoisotopic (exact) mass is 277 g/mol. The van der Waals surface area contributed by atoms with Gasteiger partial charge in [-0.15, -0.1) is 11.3 Å². The lowest BCUT2D eigenvalue weighted by atomic mass is 10.2. The van der Waals surface area contributed by atoms with Crippen molar-refractivity contribution in [2.75, 3.05) is 6.54 Å². The van der Waals surface area contributed by atoms with Crippen LogP contribution in [0.3, 0.4) is 0 Å². The molecule has 1 aromatic rings. The van der Waals surface area contributed by atoms with Gasteiger partial charge in [0.1, 0.15) is 5.60 Å².